The summed E-state index contributed by atoms with van der Waals surface area (Å²) in [6, 6.07) is 17.4. The summed E-state index contributed by atoms with van der Waals surface area (Å²) >= 11 is 12.5. The fraction of sp³-hybridized carbons (Fsp3) is 0.250. The van der Waals surface area contributed by atoms with Crippen LogP contribution in [0.2, 0.25) is 10.0 Å². The minimum Gasteiger partial charge on any atom is -0.507 e. The number of amides is 1. The number of aliphatic hydroxyl groups is 1. The summed E-state index contributed by atoms with van der Waals surface area (Å²) in [7, 11) is 1.62. The van der Waals surface area contributed by atoms with Crippen LogP contribution in [0, 0.1) is 0 Å². The fourth-order valence-corrected chi connectivity index (χ4v) is 5.68. The van der Waals surface area contributed by atoms with Gasteiger partial charge in [-0.1, -0.05) is 68.2 Å². The van der Waals surface area contributed by atoms with Crippen molar-refractivity contribution in [2.45, 2.75) is 38.6 Å². The summed E-state index contributed by atoms with van der Waals surface area (Å²) < 4.78 is 5.39. The Bertz CT molecular complexity index is 1650. The number of halogens is 2. The summed E-state index contributed by atoms with van der Waals surface area (Å²) in [4.78, 5) is 31.7. The Morgan fingerprint density at radius 1 is 1.02 bits per heavy atom. The van der Waals surface area contributed by atoms with E-state index >= 15 is 0 Å². The van der Waals surface area contributed by atoms with E-state index in [4.69, 9.17) is 27.9 Å². The van der Waals surface area contributed by atoms with Crippen LogP contribution in [0.5, 0.6) is 5.75 Å². The Morgan fingerprint density at radius 2 is 1.75 bits per heavy atom. The molecule has 3 aromatic carbocycles. The Kier molecular flexibility index (Phi) is 7.42. The SMILES string of the molecule is COc1ccc2[nH]cc(CCN3C(=O)C(=O)/C(=C(\O)c4ccc(Cl)cc4Cl)C3c3ccc(C(C)(C)C)cc3)c2c1. The van der Waals surface area contributed by atoms with Gasteiger partial charge in [-0.25, -0.2) is 0 Å². The third-order valence-electron chi connectivity index (χ3n) is 7.42. The number of carbonyl (C=O) groups is 2. The third-order valence-corrected chi connectivity index (χ3v) is 7.96. The van der Waals surface area contributed by atoms with Crippen molar-refractivity contribution in [3.63, 3.8) is 0 Å². The van der Waals surface area contributed by atoms with Gasteiger partial charge in [-0.15, -0.1) is 0 Å². The fourth-order valence-electron chi connectivity index (χ4n) is 5.18. The lowest BCUT2D eigenvalue weighted by Crippen LogP contribution is -2.31. The molecule has 0 spiro atoms. The Hall–Kier alpha value is -3.74. The Labute approximate surface area is 243 Å². The number of hydrogen-bond donors (Lipinski definition) is 2. The number of aliphatic hydroxyl groups excluding tert-OH is 1. The lowest BCUT2D eigenvalue weighted by molar-refractivity contribution is -0.139. The summed E-state index contributed by atoms with van der Waals surface area (Å²) in [5, 5.41) is 13.0. The third kappa shape index (κ3) is 5.09. The minimum atomic E-state index is -0.791. The van der Waals surface area contributed by atoms with Gasteiger partial charge in [0, 0.05) is 34.2 Å². The molecule has 0 saturated carbocycles. The van der Waals surface area contributed by atoms with E-state index in [1.54, 1.807) is 19.2 Å². The number of aromatic amines is 1. The molecule has 1 saturated heterocycles. The molecule has 0 bridgehead atoms. The van der Waals surface area contributed by atoms with Crippen LogP contribution in [0.3, 0.4) is 0 Å². The zero-order chi connectivity index (χ0) is 28.8. The normalized spacial score (nSPS) is 17.1. The Morgan fingerprint density at radius 3 is 2.40 bits per heavy atom. The number of methoxy groups -OCH3 is 1. The Balaban J connectivity index is 1.58. The molecule has 4 aromatic rings. The van der Waals surface area contributed by atoms with Gasteiger partial charge < -0.3 is 19.7 Å². The lowest BCUT2D eigenvalue weighted by Gasteiger charge is -2.26. The van der Waals surface area contributed by atoms with E-state index in [2.05, 4.69) is 25.8 Å². The van der Waals surface area contributed by atoms with Gasteiger partial charge >= 0.3 is 0 Å². The van der Waals surface area contributed by atoms with Crippen molar-refractivity contribution < 1.29 is 19.4 Å². The molecule has 1 aliphatic rings. The first kappa shape index (κ1) is 27.8. The zero-order valence-electron chi connectivity index (χ0n) is 22.7. The smallest absolute Gasteiger partial charge is 0.295 e. The van der Waals surface area contributed by atoms with Crippen molar-refractivity contribution in [3.8, 4) is 5.75 Å². The van der Waals surface area contributed by atoms with Crippen molar-refractivity contribution >= 4 is 51.6 Å². The minimum absolute atomic E-state index is 0.00155. The van der Waals surface area contributed by atoms with E-state index in [0.29, 0.717) is 11.4 Å². The van der Waals surface area contributed by atoms with Crippen molar-refractivity contribution in [2.75, 3.05) is 13.7 Å². The molecule has 0 radical (unpaired) electrons. The maximum atomic E-state index is 13.5. The first-order valence-corrected chi connectivity index (χ1v) is 13.7. The van der Waals surface area contributed by atoms with Gasteiger partial charge in [-0.3, -0.25) is 9.59 Å². The van der Waals surface area contributed by atoms with Crippen LogP contribution in [0.1, 0.15) is 49.1 Å². The average Bonchev–Trinajstić information content (AvgIpc) is 3.44. The number of hydrogen-bond acceptors (Lipinski definition) is 4. The molecule has 0 aliphatic carbocycles. The van der Waals surface area contributed by atoms with E-state index in [9.17, 15) is 14.7 Å². The molecule has 5 rings (SSSR count). The second-order valence-corrected chi connectivity index (χ2v) is 11.8. The first-order chi connectivity index (χ1) is 19.0. The molecule has 8 heteroatoms. The van der Waals surface area contributed by atoms with Crippen molar-refractivity contribution in [1.29, 1.82) is 0 Å². The van der Waals surface area contributed by atoms with Crippen LogP contribution in [0.15, 0.2) is 72.4 Å². The van der Waals surface area contributed by atoms with Gasteiger partial charge in [-0.2, -0.15) is 0 Å². The second kappa shape index (κ2) is 10.7. The molecular weight excluding hydrogens is 547 g/mol. The molecular formula is C32H30Cl2N2O4. The summed E-state index contributed by atoms with van der Waals surface area (Å²) in [6.07, 6.45) is 2.39. The predicted octanol–water partition coefficient (Wildman–Crippen LogP) is 7.45. The molecule has 6 nitrogen and oxygen atoms in total. The number of ether oxygens (including phenoxy) is 1. The van der Waals surface area contributed by atoms with Crippen molar-refractivity contribution in [3.05, 3.63) is 105 Å². The van der Waals surface area contributed by atoms with Gasteiger partial charge in [0.2, 0.25) is 0 Å². The number of benzene rings is 3. The quantitative estimate of drug-likeness (QED) is 0.142. The van der Waals surface area contributed by atoms with Gasteiger partial charge in [-0.05, 0) is 64.9 Å². The van der Waals surface area contributed by atoms with Crippen LogP contribution in [0.4, 0.5) is 0 Å². The van der Waals surface area contributed by atoms with E-state index in [-0.39, 0.29) is 33.9 Å². The lowest BCUT2D eigenvalue weighted by atomic mass is 9.85. The number of fused-ring (bicyclic) bond motifs is 1. The largest absolute Gasteiger partial charge is 0.507 e. The maximum absolute atomic E-state index is 13.5. The van der Waals surface area contributed by atoms with Crippen LogP contribution in [0.25, 0.3) is 16.7 Å². The maximum Gasteiger partial charge on any atom is 0.295 e. The average molecular weight is 578 g/mol. The number of nitrogens with one attached hydrogen (secondary N) is 1. The molecule has 1 aromatic heterocycles. The van der Waals surface area contributed by atoms with Crippen LogP contribution in [-0.2, 0) is 21.4 Å². The number of likely N-dealkylation sites (tertiary alicyclic amines) is 1. The second-order valence-electron chi connectivity index (χ2n) is 11.0. The van der Waals surface area contributed by atoms with E-state index in [0.717, 1.165) is 33.3 Å². The molecule has 1 atom stereocenters. The van der Waals surface area contributed by atoms with Crippen molar-refractivity contribution in [2.24, 2.45) is 0 Å². The predicted molar refractivity (Wildman–Crippen MR) is 159 cm³/mol. The van der Waals surface area contributed by atoms with Gasteiger partial charge in [0.15, 0.2) is 0 Å². The standard InChI is InChI=1S/C32H30Cl2N2O4/c1-32(2,3)20-7-5-18(6-8-20)28-27(29(37)23-11-9-21(33)15-25(23)34)30(38)31(39)36(28)14-13-19-17-35-26-12-10-22(40-4)16-24(19)26/h5-12,15-17,28,35,37H,13-14H2,1-4H3/b29-27-. The highest BCUT2D eigenvalue weighted by Gasteiger charge is 2.46. The number of aromatic nitrogens is 1. The molecule has 2 heterocycles. The zero-order valence-corrected chi connectivity index (χ0v) is 24.2. The molecule has 40 heavy (non-hydrogen) atoms. The van der Waals surface area contributed by atoms with Crippen LogP contribution < -0.4 is 4.74 Å². The van der Waals surface area contributed by atoms with E-state index in [1.165, 1.54) is 11.0 Å². The molecule has 2 N–H and O–H groups in total. The molecule has 1 amide bonds. The summed E-state index contributed by atoms with van der Waals surface area (Å²) in [5.41, 5.74) is 3.93. The number of nitrogens with zero attached hydrogens (tertiary/aromatic N) is 1. The first-order valence-electron chi connectivity index (χ1n) is 13.0. The number of ketones is 1. The number of carbonyl (C=O) groups excluding carboxylic acids is 2. The topological polar surface area (TPSA) is 82.6 Å². The van der Waals surface area contributed by atoms with Crippen LogP contribution >= 0.6 is 23.2 Å². The van der Waals surface area contributed by atoms with E-state index < -0.39 is 17.7 Å². The molecule has 1 fully saturated rings. The molecule has 206 valence electrons. The number of Topliss-reactive ketones (excluding diaryl/α,β-unsaturated/α-hetero) is 1. The van der Waals surface area contributed by atoms with E-state index in [1.807, 2.05) is 48.7 Å². The summed E-state index contributed by atoms with van der Waals surface area (Å²) in [5.74, 6) is -1.03. The van der Waals surface area contributed by atoms with Gasteiger partial charge in [0.25, 0.3) is 11.7 Å². The van der Waals surface area contributed by atoms with Crippen LogP contribution in [-0.4, -0.2) is 40.3 Å². The van der Waals surface area contributed by atoms with Gasteiger partial charge in [0.05, 0.1) is 23.7 Å². The highest BCUT2D eigenvalue weighted by Crippen LogP contribution is 2.41. The van der Waals surface area contributed by atoms with Gasteiger partial charge in [0.1, 0.15) is 11.5 Å². The monoisotopic (exact) mass is 576 g/mol. The number of H-pyrrole nitrogens is 1. The number of rotatable bonds is 6. The highest BCUT2D eigenvalue weighted by molar-refractivity contribution is 6.47. The van der Waals surface area contributed by atoms with Crippen molar-refractivity contribution in [1.82, 2.24) is 9.88 Å². The highest BCUT2D eigenvalue weighted by atomic mass is 35.5. The summed E-state index contributed by atoms with van der Waals surface area (Å²) in [6.45, 7) is 6.61. The molecule has 1 unspecified atom stereocenters. The molecule has 1 aliphatic heterocycles.